The van der Waals surface area contributed by atoms with Crippen molar-refractivity contribution in [2.75, 3.05) is 0 Å². The lowest BCUT2D eigenvalue weighted by atomic mass is 10.1. The highest BCUT2D eigenvalue weighted by Gasteiger charge is 2.24. The summed E-state index contributed by atoms with van der Waals surface area (Å²) in [4.78, 5) is 12.5. The summed E-state index contributed by atoms with van der Waals surface area (Å²) in [6.07, 6.45) is 3.44. The molecule has 1 heterocycles. The number of fused-ring (bicyclic) bond motifs is 1. The lowest BCUT2D eigenvalue weighted by molar-refractivity contribution is 0.0931. The summed E-state index contributed by atoms with van der Waals surface area (Å²) in [5, 5.41) is 7.23. The molecule has 0 spiro atoms. The van der Waals surface area contributed by atoms with Gasteiger partial charge in [0, 0.05) is 6.20 Å². The average Bonchev–Trinajstić information content (AvgIpc) is 3.23. The minimum atomic E-state index is -0.378. The van der Waals surface area contributed by atoms with Crippen molar-refractivity contribution in [2.45, 2.75) is 18.9 Å². The molecule has 1 amide bonds. The van der Waals surface area contributed by atoms with E-state index in [0.29, 0.717) is 5.69 Å². The van der Waals surface area contributed by atoms with Crippen molar-refractivity contribution in [1.29, 1.82) is 0 Å². The summed E-state index contributed by atoms with van der Waals surface area (Å²) >= 11 is 0. The SMILES string of the molecule is O=C(NC1CCc2ccccc21)c1ccn(-c2ccccc2F)n1. The predicted molar refractivity (Wildman–Crippen MR) is 88.5 cm³/mol. The zero-order valence-corrected chi connectivity index (χ0v) is 12.9. The van der Waals surface area contributed by atoms with Gasteiger partial charge in [0.2, 0.25) is 0 Å². The Morgan fingerprint density at radius 1 is 1.12 bits per heavy atom. The van der Waals surface area contributed by atoms with Crippen molar-refractivity contribution in [3.8, 4) is 5.69 Å². The van der Waals surface area contributed by atoms with Gasteiger partial charge in [-0.3, -0.25) is 4.79 Å². The van der Waals surface area contributed by atoms with Gasteiger partial charge in [-0.05, 0) is 42.2 Å². The number of aromatic nitrogens is 2. The zero-order valence-electron chi connectivity index (χ0n) is 12.9. The van der Waals surface area contributed by atoms with Gasteiger partial charge in [0.25, 0.3) is 5.91 Å². The van der Waals surface area contributed by atoms with E-state index in [1.165, 1.54) is 21.9 Å². The summed E-state index contributed by atoms with van der Waals surface area (Å²) in [6.45, 7) is 0. The lowest BCUT2D eigenvalue weighted by Gasteiger charge is -2.13. The van der Waals surface area contributed by atoms with Crippen LogP contribution in [0.5, 0.6) is 0 Å². The van der Waals surface area contributed by atoms with Crippen LogP contribution in [0.4, 0.5) is 4.39 Å². The van der Waals surface area contributed by atoms with Crippen molar-refractivity contribution in [3.63, 3.8) is 0 Å². The molecule has 120 valence electrons. The first kappa shape index (κ1) is 14.6. The van der Waals surface area contributed by atoms with E-state index in [1.807, 2.05) is 18.2 Å². The number of hydrogen-bond donors (Lipinski definition) is 1. The number of hydrogen-bond acceptors (Lipinski definition) is 2. The number of nitrogens with zero attached hydrogens (tertiary/aromatic N) is 2. The number of carbonyl (C=O) groups excluding carboxylic acids is 1. The Kier molecular flexibility index (Phi) is 3.61. The second-order valence-corrected chi connectivity index (χ2v) is 5.86. The molecule has 0 radical (unpaired) electrons. The Hall–Kier alpha value is -2.95. The summed E-state index contributed by atoms with van der Waals surface area (Å²) in [7, 11) is 0. The molecule has 4 rings (SSSR count). The van der Waals surface area contributed by atoms with E-state index in [-0.39, 0.29) is 23.5 Å². The van der Waals surface area contributed by atoms with Crippen LogP contribution in [0.2, 0.25) is 0 Å². The highest BCUT2D eigenvalue weighted by Crippen LogP contribution is 2.30. The van der Waals surface area contributed by atoms with E-state index >= 15 is 0 Å². The first-order chi connectivity index (χ1) is 11.7. The van der Waals surface area contributed by atoms with Crippen LogP contribution in [0.15, 0.2) is 60.8 Å². The second-order valence-electron chi connectivity index (χ2n) is 5.86. The molecule has 2 aromatic carbocycles. The minimum absolute atomic E-state index is 0.00677. The van der Waals surface area contributed by atoms with Gasteiger partial charge in [0.05, 0.1) is 6.04 Å². The normalized spacial score (nSPS) is 16.0. The molecule has 0 fully saturated rings. The summed E-state index contributed by atoms with van der Waals surface area (Å²) in [6, 6.07) is 16.1. The van der Waals surface area contributed by atoms with E-state index in [1.54, 1.807) is 30.5 Å². The zero-order chi connectivity index (χ0) is 16.5. The molecule has 1 atom stereocenters. The number of rotatable bonds is 3. The monoisotopic (exact) mass is 321 g/mol. The first-order valence-corrected chi connectivity index (χ1v) is 7.91. The summed E-state index contributed by atoms with van der Waals surface area (Å²) in [5.74, 6) is -0.621. The fourth-order valence-electron chi connectivity index (χ4n) is 3.16. The maximum absolute atomic E-state index is 13.8. The molecule has 0 saturated carbocycles. The highest BCUT2D eigenvalue weighted by molar-refractivity contribution is 5.92. The molecule has 0 aliphatic heterocycles. The molecular weight excluding hydrogens is 305 g/mol. The minimum Gasteiger partial charge on any atom is -0.344 e. The third-order valence-electron chi connectivity index (χ3n) is 4.36. The third-order valence-corrected chi connectivity index (χ3v) is 4.36. The van der Waals surface area contributed by atoms with Crippen LogP contribution in [0.25, 0.3) is 5.69 Å². The molecule has 24 heavy (non-hydrogen) atoms. The van der Waals surface area contributed by atoms with Gasteiger partial charge < -0.3 is 5.32 Å². The molecule has 1 N–H and O–H groups in total. The van der Waals surface area contributed by atoms with Crippen LogP contribution in [0, 0.1) is 5.82 Å². The Bertz CT molecular complexity index is 903. The van der Waals surface area contributed by atoms with Gasteiger partial charge in [-0.25, -0.2) is 9.07 Å². The van der Waals surface area contributed by atoms with Gasteiger partial charge in [0.15, 0.2) is 5.69 Å². The molecule has 1 aromatic heterocycles. The molecular formula is C19H16FN3O. The molecule has 0 saturated heterocycles. The first-order valence-electron chi connectivity index (χ1n) is 7.91. The maximum Gasteiger partial charge on any atom is 0.272 e. The van der Waals surface area contributed by atoms with Gasteiger partial charge in [0.1, 0.15) is 11.5 Å². The molecule has 5 heteroatoms. The van der Waals surface area contributed by atoms with E-state index in [2.05, 4.69) is 16.5 Å². The topological polar surface area (TPSA) is 46.9 Å². The van der Waals surface area contributed by atoms with Crippen LogP contribution in [-0.4, -0.2) is 15.7 Å². The van der Waals surface area contributed by atoms with Crippen LogP contribution in [0.3, 0.4) is 0 Å². The molecule has 1 aliphatic rings. The van der Waals surface area contributed by atoms with Crippen molar-refractivity contribution < 1.29 is 9.18 Å². The molecule has 4 nitrogen and oxygen atoms in total. The van der Waals surface area contributed by atoms with Crippen molar-refractivity contribution in [1.82, 2.24) is 15.1 Å². The molecule has 3 aromatic rings. The smallest absolute Gasteiger partial charge is 0.272 e. The Balaban J connectivity index is 1.53. The van der Waals surface area contributed by atoms with E-state index < -0.39 is 0 Å². The molecule has 0 bridgehead atoms. The number of benzene rings is 2. The van der Waals surface area contributed by atoms with Crippen LogP contribution < -0.4 is 5.32 Å². The number of halogens is 1. The van der Waals surface area contributed by atoms with Crippen LogP contribution in [0.1, 0.15) is 34.1 Å². The van der Waals surface area contributed by atoms with Crippen LogP contribution >= 0.6 is 0 Å². The van der Waals surface area contributed by atoms with Gasteiger partial charge in [-0.2, -0.15) is 5.10 Å². The number of aryl methyl sites for hydroxylation is 1. The van der Waals surface area contributed by atoms with Gasteiger partial charge in [-0.1, -0.05) is 36.4 Å². The summed E-state index contributed by atoms with van der Waals surface area (Å²) < 4.78 is 15.2. The third kappa shape index (κ3) is 2.58. The molecule has 1 unspecified atom stereocenters. The number of carbonyl (C=O) groups is 1. The van der Waals surface area contributed by atoms with Crippen molar-refractivity contribution in [2.24, 2.45) is 0 Å². The average molecular weight is 321 g/mol. The quantitative estimate of drug-likeness (QED) is 0.803. The van der Waals surface area contributed by atoms with Crippen LogP contribution in [-0.2, 0) is 6.42 Å². The maximum atomic E-state index is 13.8. The van der Waals surface area contributed by atoms with Crippen molar-refractivity contribution >= 4 is 5.91 Å². The van der Waals surface area contributed by atoms with Gasteiger partial charge >= 0.3 is 0 Å². The molecule has 1 aliphatic carbocycles. The van der Waals surface area contributed by atoms with Crippen molar-refractivity contribution in [3.05, 3.63) is 83.4 Å². The predicted octanol–water partition coefficient (Wildman–Crippen LogP) is 3.43. The number of para-hydroxylation sites is 1. The fraction of sp³-hybridized carbons (Fsp3) is 0.158. The number of amides is 1. The van der Waals surface area contributed by atoms with E-state index in [4.69, 9.17) is 0 Å². The highest BCUT2D eigenvalue weighted by atomic mass is 19.1. The second kappa shape index (κ2) is 5.92. The Morgan fingerprint density at radius 3 is 2.79 bits per heavy atom. The summed E-state index contributed by atoms with van der Waals surface area (Å²) in [5.41, 5.74) is 3.05. The van der Waals surface area contributed by atoms with E-state index in [9.17, 15) is 9.18 Å². The Labute approximate surface area is 138 Å². The number of nitrogens with one attached hydrogen (secondary N) is 1. The fourth-order valence-corrected chi connectivity index (χ4v) is 3.16. The standard InChI is InChI=1S/C19H16FN3O/c20-15-7-3-4-8-18(15)23-12-11-17(22-23)19(24)21-16-10-9-13-5-1-2-6-14(13)16/h1-8,11-12,16H,9-10H2,(H,21,24). The largest absolute Gasteiger partial charge is 0.344 e. The lowest BCUT2D eigenvalue weighted by Crippen LogP contribution is -2.27. The van der Waals surface area contributed by atoms with Gasteiger partial charge in [-0.15, -0.1) is 0 Å². The van der Waals surface area contributed by atoms with E-state index in [0.717, 1.165) is 12.8 Å². The Morgan fingerprint density at radius 2 is 1.92 bits per heavy atom.